The number of thiophene rings is 1. The van der Waals surface area contributed by atoms with Crippen molar-refractivity contribution in [2.45, 2.75) is 25.1 Å². The summed E-state index contributed by atoms with van der Waals surface area (Å²) >= 11 is 7.56. The summed E-state index contributed by atoms with van der Waals surface area (Å²) in [6, 6.07) is 4.37. The monoisotopic (exact) mass is 588 g/mol. The molecule has 2 aliphatic rings. The average molecular weight is 589 g/mol. The number of benzene rings is 1. The molecule has 0 bridgehead atoms. The molecular formula is C24H20F4N2O5S3. The first-order valence-electron chi connectivity index (χ1n) is 11.2. The number of morpholine rings is 1. The highest BCUT2D eigenvalue weighted by atomic mass is 32.2. The van der Waals surface area contributed by atoms with Gasteiger partial charge in [-0.25, -0.2) is 4.39 Å². The van der Waals surface area contributed by atoms with Crippen molar-refractivity contribution in [3.63, 3.8) is 0 Å². The number of thioether (sulfide) groups is 1. The van der Waals surface area contributed by atoms with Gasteiger partial charge in [-0.05, 0) is 40.8 Å². The molecule has 1 aromatic carbocycles. The summed E-state index contributed by atoms with van der Waals surface area (Å²) in [6.07, 6.45) is -4.05. The van der Waals surface area contributed by atoms with Crippen molar-refractivity contribution in [1.82, 2.24) is 9.80 Å². The molecule has 14 heteroatoms. The first kappa shape index (κ1) is 28.2. The maximum absolute atomic E-state index is 13.6. The average Bonchev–Trinajstić information content (AvgIpc) is 3.41. The number of carboxylic acids is 1. The highest BCUT2D eigenvalue weighted by molar-refractivity contribution is 8.26. The third-order valence-electron chi connectivity index (χ3n) is 5.81. The molecule has 1 aromatic heterocycles. The molecule has 202 valence electrons. The predicted molar refractivity (Wildman–Crippen MR) is 138 cm³/mol. The van der Waals surface area contributed by atoms with Crippen LogP contribution < -0.4 is 0 Å². The fourth-order valence-corrected chi connectivity index (χ4v) is 6.18. The van der Waals surface area contributed by atoms with Crippen LogP contribution in [0.1, 0.15) is 23.3 Å². The van der Waals surface area contributed by atoms with Crippen LogP contribution in [0.3, 0.4) is 0 Å². The second-order valence-electron chi connectivity index (χ2n) is 8.44. The van der Waals surface area contributed by atoms with E-state index in [2.05, 4.69) is 0 Å². The van der Waals surface area contributed by atoms with E-state index >= 15 is 0 Å². The summed E-state index contributed by atoms with van der Waals surface area (Å²) in [4.78, 5) is 40.2. The van der Waals surface area contributed by atoms with Gasteiger partial charge in [-0.2, -0.15) is 13.2 Å². The van der Waals surface area contributed by atoms with Crippen LogP contribution in [0.5, 0.6) is 0 Å². The van der Waals surface area contributed by atoms with Gasteiger partial charge in [0.05, 0.1) is 29.6 Å². The number of thiocarbonyl (C=S) groups is 1. The Kier molecular flexibility index (Phi) is 8.55. The molecule has 0 saturated carbocycles. The zero-order valence-electron chi connectivity index (χ0n) is 19.5. The SMILES string of the molecule is O=C(O)CC1CN(C(=O)CCN2C(=O)/C(=C/c3cc(-c4ccc(F)c(C(F)(F)F)c4)cs3)SC2=S)CCO1. The highest BCUT2D eigenvalue weighted by Gasteiger charge is 2.35. The molecule has 2 aromatic rings. The van der Waals surface area contributed by atoms with Crippen molar-refractivity contribution in [1.29, 1.82) is 0 Å². The lowest BCUT2D eigenvalue weighted by molar-refractivity contribution is -0.147. The number of amides is 2. The Labute approximate surface area is 228 Å². The van der Waals surface area contributed by atoms with Gasteiger partial charge in [0.25, 0.3) is 5.91 Å². The topological polar surface area (TPSA) is 87.2 Å². The normalized spacial score (nSPS) is 19.5. The lowest BCUT2D eigenvalue weighted by Crippen LogP contribution is -2.47. The van der Waals surface area contributed by atoms with E-state index in [0.717, 1.165) is 23.9 Å². The highest BCUT2D eigenvalue weighted by Crippen LogP contribution is 2.37. The summed E-state index contributed by atoms with van der Waals surface area (Å²) in [5, 5.41) is 10.5. The molecule has 1 unspecified atom stereocenters. The van der Waals surface area contributed by atoms with Crippen molar-refractivity contribution >= 4 is 63.5 Å². The Balaban J connectivity index is 1.40. The van der Waals surface area contributed by atoms with Crippen LogP contribution >= 0.6 is 35.3 Å². The van der Waals surface area contributed by atoms with E-state index in [-0.39, 0.29) is 48.3 Å². The van der Waals surface area contributed by atoms with Crippen molar-refractivity contribution in [3.8, 4) is 11.1 Å². The Morgan fingerprint density at radius 3 is 2.71 bits per heavy atom. The largest absolute Gasteiger partial charge is 0.481 e. The van der Waals surface area contributed by atoms with Gasteiger partial charge in [-0.3, -0.25) is 19.3 Å². The van der Waals surface area contributed by atoms with Gasteiger partial charge >= 0.3 is 12.1 Å². The maximum atomic E-state index is 13.6. The zero-order valence-corrected chi connectivity index (χ0v) is 21.9. The summed E-state index contributed by atoms with van der Waals surface area (Å²) in [5.74, 6) is -3.01. The van der Waals surface area contributed by atoms with E-state index in [1.807, 2.05) is 0 Å². The number of carbonyl (C=O) groups excluding carboxylic acids is 2. The van der Waals surface area contributed by atoms with Gasteiger partial charge in [0, 0.05) is 30.9 Å². The fourth-order valence-electron chi connectivity index (χ4n) is 3.95. The molecule has 4 rings (SSSR count). The smallest absolute Gasteiger partial charge is 0.419 e. The molecule has 2 saturated heterocycles. The number of carbonyl (C=O) groups is 3. The number of alkyl halides is 3. The van der Waals surface area contributed by atoms with Gasteiger partial charge in [0.2, 0.25) is 5.91 Å². The first-order chi connectivity index (χ1) is 17.9. The third-order valence-corrected chi connectivity index (χ3v) is 8.07. The van der Waals surface area contributed by atoms with E-state index in [0.29, 0.717) is 21.9 Å². The number of ether oxygens (including phenoxy) is 1. The van der Waals surface area contributed by atoms with Crippen LogP contribution in [-0.4, -0.2) is 69.4 Å². The van der Waals surface area contributed by atoms with Crippen LogP contribution in [0.25, 0.3) is 17.2 Å². The standard InChI is InChI=1S/C24H20F4N2O5S3/c25-18-2-1-13(8-17(18)24(26,27)28)14-7-16(37-12-14)10-19-22(34)30(23(36)38-19)4-3-20(31)29-5-6-35-15(11-29)9-21(32)33/h1-2,7-8,10,12,15H,3-6,9,11H2,(H,32,33)/b19-10-. The van der Waals surface area contributed by atoms with Crippen molar-refractivity contribution < 1.29 is 41.8 Å². The molecule has 3 heterocycles. The number of rotatable bonds is 7. The molecule has 1 N–H and O–H groups in total. The fraction of sp³-hybridized carbons (Fsp3) is 0.333. The van der Waals surface area contributed by atoms with E-state index in [4.69, 9.17) is 22.1 Å². The molecule has 0 aliphatic carbocycles. The number of aliphatic carboxylic acids is 1. The number of carboxylic acid groups (broad SMARTS) is 1. The lowest BCUT2D eigenvalue weighted by atomic mass is 10.0. The first-order valence-corrected chi connectivity index (χ1v) is 13.3. The quantitative estimate of drug-likeness (QED) is 0.281. The van der Waals surface area contributed by atoms with Crippen molar-refractivity contribution in [3.05, 3.63) is 50.8 Å². The Hall–Kier alpha value is -2.81. The molecule has 2 fully saturated rings. The summed E-state index contributed by atoms with van der Waals surface area (Å²) in [6.45, 7) is 0.758. The lowest BCUT2D eigenvalue weighted by Gasteiger charge is -2.32. The Bertz CT molecular complexity index is 1310. The number of nitrogens with zero attached hydrogens (tertiary/aromatic N) is 2. The summed E-state index contributed by atoms with van der Waals surface area (Å²) < 4.78 is 58.4. The van der Waals surface area contributed by atoms with Crippen LogP contribution in [0.15, 0.2) is 34.6 Å². The number of hydrogen-bond donors (Lipinski definition) is 1. The van der Waals surface area contributed by atoms with Crippen LogP contribution in [-0.2, 0) is 25.3 Å². The van der Waals surface area contributed by atoms with Crippen LogP contribution in [0.2, 0.25) is 0 Å². The summed E-state index contributed by atoms with van der Waals surface area (Å²) in [7, 11) is 0. The molecule has 0 radical (unpaired) electrons. The van der Waals surface area contributed by atoms with E-state index in [1.165, 1.54) is 27.2 Å². The molecule has 1 atom stereocenters. The predicted octanol–water partition coefficient (Wildman–Crippen LogP) is 4.87. The van der Waals surface area contributed by atoms with Gasteiger partial charge in [0.15, 0.2) is 0 Å². The number of halogens is 4. The zero-order chi connectivity index (χ0) is 27.6. The van der Waals surface area contributed by atoms with Gasteiger partial charge in [-0.15, -0.1) is 11.3 Å². The maximum Gasteiger partial charge on any atom is 0.419 e. The number of hydrogen-bond acceptors (Lipinski definition) is 7. The minimum atomic E-state index is -4.82. The molecular weight excluding hydrogens is 568 g/mol. The summed E-state index contributed by atoms with van der Waals surface area (Å²) in [5.41, 5.74) is -0.721. The Morgan fingerprint density at radius 2 is 2.00 bits per heavy atom. The van der Waals surface area contributed by atoms with Crippen LogP contribution in [0, 0.1) is 5.82 Å². The second-order valence-corrected chi connectivity index (χ2v) is 11.1. The Morgan fingerprint density at radius 1 is 1.24 bits per heavy atom. The third kappa shape index (κ3) is 6.60. The van der Waals surface area contributed by atoms with Gasteiger partial charge < -0.3 is 14.7 Å². The second kappa shape index (κ2) is 11.5. The van der Waals surface area contributed by atoms with E-state index < -0.39 is 35.5 Å². The minimum Gasteiger partial charge on any atom is -0.481 e. The molecule has 0 spiro atoms. The molecule has 2 aliphatic heterocycles. The molecule has 7 nitrogen and oxygen atoms in total. The molecule has 38 heavy (non-hydrogen) atoms. The minimum absolute atomic E-state index is 0.00519. The van der Waals surface area contributed by atoms with Crippen LogP contribution in [0.4, 0.5) is 17.6 Å². The molecule has 2 amide bonds. The van der Waals surface area contributed by atoms with Crippen molar-refractivity contribution in [2.75, 3.05) is 26.2 Å². The van der Waals surface area contributed by atoms with Crippen molar-refractivity contribution in [2.24, 2.45) is 0 Å². The van der Waals surface area contributed by atoms with E-state index in [1.54, 1.807) is 17.5 Å². The van der Waals surface area contributed by atoms with E-state index in [9.17, 15) is 31.9 Å². The van der Waals surface area contributed by atoms with Gasteiger partial charge in [-0.1, -0.05) is 30.0 Å². The van der Waals surface area contributed by atoms with Gasteiger partial charge in [0.1, 0.15) is 10.1 Å².